The number of quaternary nitrogens is 1. The number of anilines is 1. The van der Waals surface area contributed by atoms with Gasteiger partial charge in [0, 0.05) is 18.3 Å². The molecule has 2 aromatic carbocycles. The first-order valence-corrected chi connectivity index (χ1v) is 11.0. The van der Waals surface area contributed by atoms with Crippen LogP contribution in [0.3, 0.4) is 0 Å². The summed E-state index contributed by atoms with van der Waals surface area (Å²) in [6.07, 6.45) is -0.140. The molecule has 1 saturated heterocycles. The number of nitrogens with zero attached hydrogens (tertiary/aromatic N) is 2. The van der Waals surface area contributed by atoms with Crippen molar-refractivity contribution < 1.29 is 23.9 Å². The molecule has 1 N–H and O–H groups in total. The van der Waals surface area contributed by atoms with E-state index in [0.29, 0.717) is 26.2 Å². The number of nitrogens with one attached hydrogen (secondary N) is 1. The summed E-state index contributed by atoms with van der Waals surface area (Å²) in [5.41, 5.74) is 1.18. The quantitative estimate of drug-likeness (QED) is 0.718. The number of carbonyl (C=O) groups is 1. The molecule has 2 aromatic rings. The molecule has 7 nitrogen and oxygen atoms in total. The molecule has 0 bridgehead atoms. The van der Waals surface area contributed by atoms with E-state index in [1.807, 2.05) is 48.2 Å². The lowest BCUT2D eigenvalue weighted by molar-refractivity contribution is -0.892. The van der Waals surface area contributed by atoms with Crippen molar-refractivity contribution in [2.24, 2.45) is 0 Å². The lowest BCUT2D eigenvalue weighted by Gasteiger charge is -2.35. The highest BCUT2D eigenvalue weighted by Crippen LogP contribution is 2.31. The van der Waals surface area contributed by atoms with Crippen LogP contribution in [-0.2, 0) is 4.79 Å². The molecule has 2 heterocycles. The highest BCUT2D eigenvalue weighted by Gasteiger charge is 2.28. The normalized spacial score (nSPS) is 18.5. The van der Waals surface area contributed by atoms with E-state index < -0.39 is 0 Å². The second-order valence-corrected chi connectivity index (χ2v) is 8.05. The van der Waals surface area contributed by atoms with Crippen LogP contribution < -0.4 is 24.0 Å². The summed E-state index contributed by atoms with van der Waals surface area (Å²) in [6, 6.07) is 15.8. The van der Waals surface area contributed by atoms with E-state index in [2.05, 4.69) is 17.0 Å². The summed E-state index contributed by atoms with van der Waals surface area (Å²) in [5.74, 6) is 2.57. The molecule has 0 unspecified atom stereocenters. The summed E-state index contributed by atoms with van der Waals surface area (Å²) in [7, 11) is 1.69. The van der Waals surface area contributed by atoms with Crippen LogP contribution in [0, 0.1) is 0 Å². The number of hydrogen-bond acceptors (Lipinski definition) is 5. The van der Waals surface area contributed by atoms with E-state index in [0.717, 1.165) is 43.4 Å². The maximum atomic E-state index is 13.0. The number of benzene rings is 2. The van der Waals surface area contributed by atoms with E-state index in [-0.39, 0.29) is 12.0 Å². The lowest BCUT2D eigenvalue weighted by Crippen LogP contribution is -3.16. The Kier molecular flexibility index (Phi) is 6.82. The van der Waals surface area contributed by atoms with Gasteiger partial charge in [-0.2, -0.15) is 0 Å². The number of methoxy groups -OCH3 is 1. The Balaban J connectivity index is 1.27. The van der Waals surface area contributed by atoms with Gasteiger partial charge >= 0.3 is 0 Å². The van der Waals surface area contributed by atoms with Crippen LogP contribution in [0.1, 0.15) is 6.92 Å². The van der Waals surface area contributed by atoms with E-state index in [4.69, 9.17) is 14.2 Å². The maximum Gasteiger partial charge on any atom is 0.277 e. The number of amides is 1. The first kappa shape index (κ1) is 21.3. The van der Waals surface area contributed by atoms with Crippen LogP contribution in [0.4, 0.5) is 5.69 Å². The van der Waals surface area contributed by atoms with Gasteiger partial charge in [-0.1, -0.05) is 18.2 Å². The van der Waals surface area contributed by atoms with Crippen LogP contribution in [0.15, 0.2) is 48.5 Å². The van der Waals surface area contributed by atoms with Gasteiger partial charge in [0.15, 0.2) is 24.1 Å². The van der Waals surface area contributed by atoms with Crippen molar-refractivity contribution in [2.45, 2.75) is 13.0 Å². The Morgan fingerprint density at radius 2 is 1.94 bits per heavy atom. The van der Waals surface area contributed by atoms with Crippen molar-refractivity contribution in [1.29, 1.82) is 0 Å². The van der Waals surface area contributed by atoms with Gasteiger partial charge in [-0.3, -0.25) is 4.79 Å². The van der Waals surface area contributed by atoms with Gasteiger partial charge < -0.3 is 28.9 Å². The van der Waals surface area contributed by atoms with Gasteiger partial charge in [0.2, 0.25) is 0 Å². The third-order valence-corrected chi connectivity index (χ3v) is 6.02. The van der Waals surface area contributed by atoms with Gasteiger partial charge in [-0.15, -0.1) is 0 Å². The molecule has 2 aliphatic rings. The van der Waals surface area contributed by atoms with E-state index in [1.54, 1.807) is 7.11 Å². The van der Waals surface area contributed by atoms with Crippen LogP contribution in [0.2, 0.25) is 0 Å². The van der Waals surface area contributed by atoms with Crippen LogP contribution in [0.5, 0.6) is 17.2 Å². The number of para-hydroxylation sites is 2. The molecule has 0 spiro atoms. The third-order valence-electron chi connectivity index (χ3n) is 6.02. The molecule has 2 aliphatic heterocycles. The minimum Gasteiger partial charge on any atom is -0.497 e. The summed E-state index contributed by atoms with van der Waals surface area (Å²) in [5, 5.41) is 0. The molecule has 0 radical (unpaired) electrons. The van der Waals surface area contributed by atoms with Gasteiger partial charge in [0.05, 0.1) is 39.8 Å². The maximum absolute atomic E-state index is 13.0. The number of rotatable bonds is 7. The summed E-state index contributed by atoms with van der Waals surface area (Å²) in [6.45, 7) is 7.96. The topological polar surface area (TPSA) is 55.7 Å². The Morgan fingerprint density at radius 3 is 2.68 bits per heavy atom. The fourth-order valence-corrected chi connectivity index (χ4v) is 4.20. The Labute approximate surface area is 184 Å². The Morgan fingerprint density at radius 1 is 1.16 bits per heavy atom. The van der Waals surface area contributed by atoms with E-state index in [9.17, 15) is 4.79 Å². The number of fused-ring (bicyclic) bond motifs is 1. The molecule has 1 amide bonds. The van der Waals surface area contributed by atoms with Gasteiger partial charge in [-0.25, -0.2) is 0 Å². The smallest absolute Gasteiger partial charge is 0.277 e. The van der Waals surface area contributed by atoms with E-state index >= 15 is 0 Å². The number of hydrogen-bond donors (Lipinski definition) is 1. The van der Waals surface area contributed by atoms with Crippen LogP contribution in [0.25, 0.3) is 0 Å². The third kappa shape index (κ3) is 5.22. The van der Waals surface area contributed by atoms with Crippen molar-refractivity contribution in [1.82, 2.24) is 4.90 Å². The van der Waals surface area contributed by atoms with Gasteiger partial charge in [0.25, 0.3) is 5.91 Å². The molecule has 166 valence electrons. The lowest BCUT2D eigenvalue weighted by atomic mass is 10.2. The predicted octanol–water partition coefficient (Wildman–Crippen LogP) is 1.09. The molecule has 0 aromatic heterocycles. The van der Waals surface area contributed by atoms with Gasteiger partial charge in [0.1, 0.15) is 12.4 Å². The molecule has 31 heavy (non-hydrogen) atoms. The number of carbonyl (C=O) groups excluding carboxylic acids is 1. The van der Waals surface area contributed by atoms with Crippen molar-refractivity contribution in [3.8, 4) is 17.2 Å². The zero-order valence-corrected chi connectivity index (χ0v) is 18.4. The average Bonchev–Trinajstić information content (AvgIpc) is 2.83. The van der Waals surface area contributed by atoms with Crippen molar-refractivity contribution in [3.05, 3.63) is 48.5 Å². The number of likely N-dealkylation sites (N-methyl/N-ethyl adjacent to an activating group) is 1. The Hall–Kier alpha value is -2.93. The second kappa shape index (κ2) is 9.92. The van der Waals surface area contributed by atoms with Crippen molar-refractivity contribution in [2.75, 3.05) is 64.4 Å². The highest BCUT2D eigenvalue weighted by molar-refractivity contribution is 5.77. The highest BCUT2D eigenvalue weighted by atomic mass is 16.6. The first-order chi connectivity index (χ1) is 15.2. The minimum atomic E-state index is -0.140. The standard InChI is InChI=1S/C24H31N3O4/c1-3-26(16-21-18-30-22-9-4-5-10-23(22)31-21)24(28)17-25-11-13-27(14-12-25)19-7-6-8-20(15-19)29-2/h4-10,15,21H,3,11-14,16-18H2,1-2H3/p+1/t21-/m0/s1. The summed E-state index contributed by atoms with van der Waals surface area (Å²) >= 11 is 0. The molecular weight excluding hydrogens is 394 g/mol. The Bertz CT molecular complexity index is 883. The average molecular weight is 427 g/mol. The second-order valence-electron chi connectivity index (χ2n) is 8.05. The molecule has 7 heteroatoms. The van der Waals surface area contributed by atoms with Crippen LogP contribution in [-0.4, -0.2) is 76.4 Å². The predicted molar refractivity (Wildman–Crippen MR) is 119 cm³/mol. The fourth-order valence-electron chi connectivity index (χ4n) is 4.20. The zero-order chi connectivity index (χ0) is 21.6. The largest absolute Gasteiger partial charge is 0.497 e. The summed E-state index contributed by atoms with van der Waals surface area (Å²) < 4.78 is 17.2. The SMILES string of the molecule is CCN(C[C@H]1COc2ccccc2O1)C(=O)C[NH+]1CCN(c2cccc(OC)c2)CC1. The first-order valence-electron chi connectivity index (χ1n) is 11.0. The molecule has 1 atom stereocenters. The minimum absolute atomic E-state index is 0.140. The number of piperazine rings is 1. The van der Waals surface area contributed by atoms with Crippen LogP contribution >= 0.6 is 0 Å². The molecule has 1 fully saturated rings. The zero-order valence-electron chi connectivity index (χ0n) is 18.4. The molecular formula is C24H32N3O4+. The van der Waals surface area contributed by atoms with Crippen molar-refractivity contribution >= 4 is 11.6 Å². The van der Waals surface area contributed by atoms with Crippen molar-refractivity contribution in [3.63, 3.8) is 0 Å². The number of ether oxygens (including phenoxy) is 3. The monoisotopic (exact) mass is 426 g/mol. The fraction of sp³-hybridized carbons (Fsp3) is 0.458. The summed E-state index contributed by atoms with van der Waals surface area (Å²) in [4.78, 5) is 18.6. The molecule has 0 saturated carbocycles. The molecule has 4 rings (SSSR count). The molecule has 0 aliphatic carbocycles. The van der Waals surface area contributed by atoms with Gasteiger partial charge in [-0.05, 0) is 31.2 Å². The van der Waals surface area contributed by atoms with E-state index in [1.165, 1.54) is 10.6 Å².